The van der Waals surface area contributed by atoms with Gasteiger partial charge < -0.3 is 10.1 Å². The van der Waals surface area contributed by atoms with Crippen LogP contribution in [-0.2, 0) is 24.8 Å². The maximum Gasteiger partial charge on any atom is 0.255 e. The second-order valence-corrected chi connectivity index (χ2v) is 10.6. The number of carbonyl (C=O) groups is 1. The van der Waals surface area contributed by atoms with Crippen molar-refractivity contribution in [2.45, 2.75) is 11.8 Å². The van der Waals surface area contributed by atoms with Crippen LogP contribution in [0.15, 0.2) is 47.4 Å². The number of aryl methyl sites for hydroxylation is 1. The normalized spacial score (nSPS) is 15.5. The fraction of sp³-hybridized carbons (Fsp3) is 0.316. The lowest BCUT2D eigenvalue weighted by Crippen LogP contribution is -2.40. The highest BCUT2D eigenvalue weighted by molar-refractivity contribution is 7.92. The summed E-state index contributed by atoms with van der Waals surface area (Å²) in [5.74, 6) is -0.449. The van der Waals surface area contributed by atoms with Crippen LogP contribution in [0.2, 0.25) is 0 Å². The van der Waals surface area contributed by atoms with Crippen LogP contribution in [0.1, 0.15) is 15.9 Å². The summed E-state index contributed by atoms with van der Waals surface area (Å²) in [6, 6.07) is 10.6. The molecule has 1 saturated heterocycles. The minimum Gasteiger partial charge on any atom is -0.379 e. The molecule has 1 aliphatic heterocycles. The molecule has 0 saturated carbocycles. The van der Waals surface area contributed by atoms with Crippen LogP contribution in [0.25, 0.3) is 0 Å². The first kappa shape index (κ1) is 22.2. The van der Waals surface area contributed by atoms with E-state index in [0.29, 0.717) is 43.2 Å². The van der Waals surface area contributed by atoms with Crippen molar-refractivity contribution < 1.29 is 26.4 Å². The van der Waals surface area contributed by atoms with Gasteiger partial charge in [-0.2, -0.15) is 4.31 Å². The molecule has 162 valence electrons. The molecule has 1 aliphatic rings. The Morgan fingerprint density at radius 3 is 2.23 bits per heavy atom. The number of ether oxygens (including phenoxy) is 1. The van der Waals surface area contributed by atoms with E-state index in [2.05, 4.69) is 10.0 Å². The molecule has 2 aromatic carbocycles. The van der Waals surface area contributed by atoms with Gasteiger partial charge in [0.25, 0.3) is 5.91 Å². The Labute approximate surface area is 176 Å². The largest absolute Gasteiger partial charge is 0.379 e. The van der Waals surface area contributed by atoms with Gasteiger partial charge in [0.1, 0.15) is 0 Å². The minimum absolute atomic E-state index is 0.136. The molecule has 3 rings (SSSR count). The summed E-state index contributed by atoms with van der Waals surface area (Å²) < 4.78 is 57.2. The Hall–Kier alpha value is -2.47. The molecule has 0 bridgehead atoms. The van der Waals surface area contributed by atoms with Crippen LogP contribution in [0.3, 0.4) is 0 Å². The zero-order chi connectivity index (χ0) is 21.9. The maximum atomic E-state index is 12.7. The summed E-state index contributed by atoms with van der Waals surface area (Å²) in [6.45, 7) is 3.05. The average molecular weight is 454 g/mol. The number of rotatable bonds is 6. The summed E-state index contributed by atoms with van der Waals surface area (Å²) in [7, 11) is -7.09. The fourth-order valence-electron chi connectivity index (χ4n) is 2.92. The van der Waals surface area contributed by atoms with Crippen molar-refractivity contribution in [3.63, 3.8) is 0 Å². The highest BCUT2D eigenvalue weighted by Gasteiger charge is 2.26. The third-order valence-electron chi connectivity index (χ3n) is 4.52. The summed E-state index contributed by atoms with van der Waals surface area (Å²) >= 11 is 0. The standard InChI is InChI=1S/C19H23N3O6S2/c1-14-3-4-15(13-18(14)21-29(2,24)25)19(23)20-16-5-7-17(8-6-16)30(26,27)22-9-11-28-12-10-22/h3-8,13,21H,9-12H2,1-2H3,(H,20,23). The van der Waals surface area contributed by atoms with Crippen LogP contribution >= 0.6 is 0 Å². The number of anilines is 2. The Bertz CT molecular complexity index is 1140. The highest BCUT2D eigenvalue weighted by Crippen LogP contribution is 2.21. The first-order valence-corrected chi connectivity index (χ1v) is 12.5. The first-order valence-electron chi connectivity index (χ1n) is 9.14. The highest BCUT2D eigenvalue weighted by atomic mass is 32.2. The average Bonchev–Trinajstić information content (AvgIpc) is 2.69. The van der Waals surface area contributed by atoms with Crippen LogP contribution in [0, 0.1) is 6.92 Å². The van der Waals surface area contributed by atoms with Crippen molar-refractivity contribution in [2.75, 3.05) is 42.6 Å². The molecule has 1 heterocycles. The lowest BCUT2D eigenvalue weighted by molar-refractivity contribution is 0.0730. The Morgan fingerprint density at radius 2 is 1.63 bits per heavy atom. The van der Waals surface area contributed by atoms with E-state index in [1.165, 1.54) is 34.6 Å². The minimum atomic E-state index is -3.61. The predicted molar refractivity (Wildman–Crippen MR) is 114 cm³/mol. The smallest absolute Gasteiger partial charge is 0.255 e. The quantitative estimate of drug-likeness (QED) is 0.686. The van der Waals surface area contributed by atoms with E-state index in [4.69, 9.17) is 4.74 Å². The fourth-order valence-corrected chi connectivity index (χ4v) is 4.95. The van der Waals surface area contributed by atoms with E-state index in [1.807, 2.05) is 0 Å². The van der Waals surface area contributed by atoms with Crippen LogP contribution in [0.5, 0.6) is 0 Å². The summed E-state index contributed by atoms with van der Waals surface area (Å²) in [6.07, 6.45) is 1.03. The van der Waals surface area contributed by atoms with Gasteiger partial charge in [-0.05, 0) is 48.9 Å². The van der Waals surface area contributed by atoms with Crippen molar-refractivity contribution >= 4 is 37.3 Å². The van der Waals surface area contributed by atoms with Gasteiger partial charge in [-0.3, -0.25) is 9.52 Å². The molecule has 11 heteroatoms. The Morgan fingerprint density at radius 1 is 1.00 bits per heavy atom. The summed E-state index contributed by atoms with van der Waals surface area (Å²) in [4.78, 5) is 12.7. The third kappa shape index (κ3) is 5.36. The molecule has 1 amide bonds. The molecular weight excluding hydrogens is 430 g/mol. The van der Waals surface area contributed by atoms with E-state index in [-0.39, 0.29) is 10.5 Å². The van der Waals surface area contributed by atoms with Crippen molar-refractivity contribution in [3.05, 3.63) is 53.6 Å². The monoisotopic (exact) mass is 453 g/mol. The van der Waals surface area contributed by atoms with Gasteiger partial charge in [0.05, 0.1) is 30.1 Å². The third-order valence-corrected chi connectivity index (χ3v) is 7.02. The zero-order valence-corrected chi connectivity index (χ0v) is 18.2. The SMILES string of the molecule is Cc1ccc(C(=O)Nc2ccc(S(=O)(=O)N3CCOCC3)cc2)cc1NS(C)(=O)=O. The molecule has 2 aromatic rings. The Balaban J connectivity index is 1.74. The first-order chi connectivity index (χ1) is 14.1. The number of carbonyl (C=O) groups excluding carboxylic acids is 1. The van der Waals surface area contributed by atoms with E-state index < -0.39 is 26.0 Å². The molecule has 1 fully saturated rings. The molecule has 0 aliphatic carbocycles. The van der Waals surface area contributed by atoms with Gasteiger partial charge in [-0.25, -0.2) is 16.8 Å². The Kier molecular flexibility index (Phi) is 6.46. The molecule has 0 unspecified atom stereocenters. The molecule has 30 heavy (non-hydrogen) atoms. The number of amides is 1. The van der Waals surface area contributed by atoms with E-state index >= 15 is 0 Å². The van der Waals surface area contributed by atoms with E-state index in [9.17, 15) is 21.6 Å². The second-order valence-electron chi connectivity index (χ2n) is 6.90. The molecule has 2 N–H and O–H groups in total. The van der Waals surface area contributed by atoms with Crippen molar-refractivity contribution in [3.8, 4) is 0 Å². The van der Waals surface area contributed by atoms with Crippen LogP contribution < -0.4 is 10.0 Å². The van der Waals surface area contributed by atoms with Gasteiger partial charge in [-0.15, -0.1) is 0 Å². The summed E-state index contributed by atoms with van der Waals surface area (Å²) in [5.41, 5.74) is 1.67. The predicted octanol–water partition coefficient (Wildman–Crippen LogP) is 1.64. The van der Waals surface area contributed by atoms with Crippen molar-refractivity contribution in [1.82, 2.24) is 4.31 Å². The molecule has 9 nitrogen and oxygen atoms in total. The lowest BCUT2D eigenvalue weighted by atomic mass is 10.1. The van der Waals surface area contributed by atoms with Gasteiger partial charge in [0, 0.05) is 24.3 Å². The molecular formula is C19H23N3O6S2. The number of sulfonamides is 2. The van der Waals surface area contributed by atoms with E-state index in [1.54, 1.807) is 19.1 Å². The lowest BCUT2D eigenvalue weighted by Gasteiger charge is -2.26. The number of benzene rings is 2. The summed E-state index contributed by atoms with van der Waals surface area (Å²) in [5, 5.41) is 2.68. The number of morpholine rings is 1. The molecule has 0 aromatic heterocycles. The topological polar surface area (TPSA) is 122 Å². The van der Waals surface area contributed by atoms with E-state index in [0.717, 1.165) is 6.26 Å². The second kappa shape index (κ2) is 8.72. The number of hydrogen-bond donors (Lipinski definition) is 2. The number of hydrogen-bond acceptors (Lipinski definition) is 6. The van der Waals surface area contributed by atoms with Crippen molar-refractivity contribution in [2.24, 2.45) is 0 Å². The van der Waals surface area contributed by atoms with Gasteiger partial charge in [-0.1, -0.05) is 6.07 Å². The van der Waals surface area contributed by atoms with Crippen molar-refractivity contribution in [1.29, 1.82) is 0 Å². The number of nitrogens with zero attached hydrogens (tertiary/aromatic N) is 1. The van der Waals surface area contributed by atoms with Gasteiger partial charge in [0.2, 0.25) is 20.0 Å². The van der Waals surface area contributed by atoms with Crippen LogP contribution in [-0.4, -0.2) is 59.6 Å². The van der Waals surface area contributed by atoms with Gasteiger partial charge >= 0.3 is 0 Å². The molecule has 0 radical (unpaired) electrons. The maximum absolute atomic E-state index is 12.7. The molecule has 0 atom stereocenters. The zero-order valence-electron chi connectivity index (χ0n) is 16.6. The molecule has 0 spiro atoms. The van der Waals surface area contributed by atoms with Gasteiger partial charge in [0.15, 0.2) is 0 Å². The van der Waals surface area contributed by atoms with Crippen LogP contribution in [0.4, 0.5) is 11.4 Å². The number of nitrogens with one attached hydrogen (secondary N) is 2.